The Morgan fingerprint density at radius 3 is 1.70 bits per heavy atom. The van der Waals surface area contributed by atoms with Gasteiger partial charge in [0.25, 0.3) is 0 Å². The van der Waals surface area contributed by atoms with E-state index in [1.807, 2.05) is 6.07 Å². The number of nitrogens with zero attached hydrogens (tertiary/aromatic N) is 3. The number of fused-ring (bicyclic) bond motifs is 6. The molecule has 0 amide bonds. The number of hydrogen-bond donors (Lipinski definition) is 0. The summed E-state index contributed by atoms with van der Waals surface area (Å²) in [4.78, 5) is 17.2. The highest BCUT2D eigenvalue weighted by molar-refractivity contribution is 7.25. The fourth-order valence-electron chi connectivity index (χ4n) is 9.65. The lowest BCUT2D eigenvalue weighted by Gasteiger charge is -2.16. The van der Waals surface area contributed by atoms with E-state index < -0.39 is 0 Å². The van der Waals surface area contributed by atoms with Crippen LogP contribution < -0.4 is 0 Å². The molecule has 13 rings (SSSR count). The van der Waals surface area contributed by atoms with Crippen LogP contribution >= 0.6 is 11.3 Å². The molecule has 0 aliphatic carbocycles. The maximum atomic E-state index is 5.43. The van der Waals surface area contributed by atoms with Crippen LogP contribution in [-0.4, -0.2) is 15.0 Å². The van der Waals surface area contributed by atoms with Crippen molar-refractivity contribution < 1.29 is 0 Å². The van der Waals surface area contributed by atoms with Crippen molar-refractivity contribution in [2.45, 2.75) is 0 Å². The molecule has 0 fully saturated rings. The normalized spacial score (nSPS) is 11.9. The van der Waals surface area contributed by atoms with E-state index in [2.05, 4.69) is 194 Å². The lowest BCUT2D eigenvalue weighted by molar-refractivity contribution is 1.19. The van der Waals surface area contributed by atoms with Crippen LogP contribution in [0.15, 0.2) is 200 Å². The van der Waals surface area contributed by atoms with Crippen LogP contribution in [-0.2, 0) is 0 Å². The van der Waals surface area contributed by atoms with E-state index in [4.69, 9.17) is 15.0 Å². The third kappa shape index (κ3) is 5.33. The monoisotopic (exact) mass is 791 g/mol. The quantitative estimate of drug-likeness (QED) is 0.163. The molecule has 282 valence electrons. The zero-order valence-corrected chi connectivity index (χ0v) is 33.6. The van der Waals surface area contributed by atoms with Crippen LogP contribution in [0.25, 0.3) is 130 Å². The Morgan fingerprint density at radius 2 is 0.885 bits per heavy atom. The van der Waals surface area contributed by atoms with Gasteiger partial charge in [0, 0.05) is 43.1 Å². The SMILES string of the molecule is c1ccc(-c2cc(-c3cccc(-c4ccc5ccc6cccc7ccc4c5c67)c3)nc(-c3ccc(-c4nc5sc6ccccc6c5c5ccccc45)c4ccccc34)n2)cc1. The highest BCUT2D eigenvalue weighted by atomic mass is 32.1. The van der Waals surface area contributed by atoms with Crippen molar-refractivity contribution in [2.75, 3.05) is 0 Å². The Labute approximate surface area is 355 Å². The van der Waals surface area contributed by atoms with Crippen molar-refractivity contribution in [3.8, 4) is 56.3 Å². The van der Waals surface area contributed by atoms with Crippen LogP contribution in [0.2, 0.25) is 0 Å². The lowest BCUT2D eigenvalue weighted by Crippen LogP contribution is -1.97. The molecule has 61 heavy (non-hydrogen) atoms. The molecule has 0 unspecified atom stereocenters. The second-order valence-electron chi connectivity index (χ2n) is 15.9. The third-order valence-electron chi connectivity index (χ3n) is 12.5. The van der Waals surface area contributed by atoms with Gasteiger partial charge in [-0.05, 0) is 83.9 Å². The number of aromatic nitrogens is 3. The summed E-state index contributed by atoms with van der Waals surface area (Å²) < 4.78 is 1.25. The van der Waals surface area contributed by atoms with Crippen LogP contribution in [0.4, 0.5) is 0 Å². The summed E-state index contributed by atoms with van der Waals surface area (Å²) >= 11 is 1.76. The van der Waals surface area contributed by atoms with Gasteiger partial charge in [0.1, 0.15) is 4.83 Å². The number of rotatable bonds is 5. The van der Waals surface area contributed by atoms with Gasteiger partial charge < -0.3 is 0 Å². The van der Waals surface area contributed by atoms with Gasteiger partial charge >= 0.3 is 0 Å². The minimum atomic E-state index is 0.685. The first-order valence-corrected chi connectivity index (χ1v) is 21.5. The maximum Gasteiger partial charge on any atom is 0.161 e. The fraction of sp³-hybridized carbons (Fsp3) is 0. The van der Waals surface area contributed by atoms with E-state index >= 15 is 0 Å². The molecule has 3 nitrogen and oxygen atoms in total. The Balaban J connectivity index is 0.994. The van der Waals surface area contributed by atoms with Crippen molar-refractivity contribution in [3.05, 3.63) is 200 Å². The third-order valence-corrected chi connectivity index (χ3v) is 13.5. The summed E-state index contributed by atoms with van der Waals surface area (Å²) in [6.07, 6.45) is 0. The molecule has 3 heterocycles. The summed E-state index contributed by atoms with van der Waals surface area (Å²) in [6.45, 7) is 0. The predicted octanol–water partition coefficient (Wildman–Crippen LogP) is 15.8. The molecule has 0 bridgehead atoms. The van der Waals surface area contributed by atoms with Crippen molar-refractivity contribution in [2.24, 2.45) is 0 Å². The topological polar surface area (TPSA) is 38.7 Å². The largest absolute Gasteiger partial charge is 0.236 e. The minimum Gasteiger partial charge on any atom is -0.236 e. The van der Waals surface area contributed by atoms with E-state index in [1.54, 1.807) is 11.3 Å². The molecule has 3 aromatic heterocycles. The molecule has 4 heteroatoms. The van der Waals surface area contributed by atoms with E-state index in [0.717, 1.165) is 65.9 Å². The average Bonchev–Trinajstić information content (AvgIpc) is 3.72. The summed E-state index contributed by atoms with van der Waals surface area (Å²) in [7, 11) is 0. The van der Waals surface area contributed by atoms with Gasteiger partial charge in [0.2, 0.25) is 0 Å². The van der Waals surface area contributed by atoms with Gasteiger partial charge in [-0.3, -0.25) is 0 Å². The van der Waals surface area contributed by atoms with Crippen molar-refractivity contribution >= 4 is 85.5 Å². The summed E-state index contributed by atoms with van der Waals surface area (Å²) in [5, 5.41) is 14.7. The average molecular weight is 792 g/mol. The Hall–Kier alpha value is -7.79. The molecule has 0 saturated carbocycles. The molecule has 0 spiro atoms. The second-order valence-corrected chi connectivity index (χ2v) is 16.9. The van der Waals surface area contributed by atoms with E-state index in [9.17, 15) is 0 Å². The number of benzene rings is 10. The fourth-order valence-corrected chi connectivity index (χ4v) is 10.7. The number of thiophene rings is 1. The van der Waals surface area contributed by atoms with Gasteiger partial charge in [-0.1, -0.05) is 176 Å². The first-order valence-electron chi connectivity index (χ1n) is 20.7. The zero-order chi connectivity index (χ0) is 40.0. The van der Waals surface area contributed by atoms with Crippen molar-refractivity contribution in [1.29, 1.82) is 0 Å². The van der Waals surface area contributed by atoms with E-state index in [-0.39, 0.29) is 0 Å². The first kappa shape index (κ1) is 34.1. The molecular formula is C57H33N3S. The van der Waals surface area contributed by atoms with Gasteiger partial charge in [0.05, 0.1) is 17.1 Å². The van der Waals surface area contributed by atoms with Gasteiger partial charge in [-0.15, -0.1) is 11.3 Å². The number of hydrogen-bond acceptors (Lipinski definition) is 4. The molecule has 0 radical (unpaired) electrons. The van der Waals surface area contributed by atoms with Crippen LogP contribution in [0.5, 0.6) is 0 Å². The highest BCUT2D eigenvalue weighted by Gasteiger charge is 2.20. The first-order chi connectivity index (χ1) is 30.2. The highest BCUT2D eigenvalue weighted by Crippen LogP contribution is 2.44. The Bertz CT molecular complexity index is 3870. The molecule has 0 aliphatic heterocycles. The van der Waals surface area contributed by atoms with E-state index in [0.29, 0.717) is 5.82 Å². The second kappa shape index (κ2) is 13.4. The predicted molar refractivity (Wildman–Crippen MR) is 259 cm³/mol. The van der Waals surface area contributed by atoms with E-state index in [1.165, 1.54) is 58.7 Å². The maximum absolute atomic E-state index is 5.43. The number of pyridine rings is 1. The molecular weight excluding hydrogens is 759 g/mol. The summed E-state index contributed by atoms with van der Waals surface area (Å²) in [6, 6.07) is 71.9. The van der Waals surface area contributed by atoms with Crippen LogP contribution in [0.1, 0.15) is 0 Å². The molecule has 0 saturated heterocycles. The minimum absolute atomic E-state index is 0.685. The Kier molecular flexibility index (Phi) is 7.47. The molecule has 0 aliphatic rings. The summed E-state index contributed by atoms with van der Waals surface area (Å²) in [5.41, 5.74) is 9.26. The smallest absolute Gasteiger partial charge is 0.161 e. The van der Waals surface area contributed by atoms with Crippen LogP contribution in [0.3, 0.4) is 0 Å². The van der Waals surface area contributed by atoms with Crippen molar-refractivity contribution in [1.82, 2.24) is 15.0 Å². The summed E-state index contributed by atoms with van der Waals surface area (Å²) in [5.74, 6) is 0.685. The van der Waals surface area contributed by atoms with Gasteiger partial charge in [-0.25, -0.2) is 15.0 Å². The van der Waals surface area contributed by atoms with Crippen molar-refractivity contribution in [3.63, 3.8) is 0 Å². The zero-order valence-electron chi connectivity index (χ0n) is 32.8. The molecule has 0 atom stereocenters. The van der Waals surface area contributed by atoms with Crippen LogP contribution in [0, 0.1) is 0 Å². The molecule has 0 N–H and O–H groups in total. The standard InChI is InChI=1S/C57H33N3S/c1-2-12-34(13-3-1)49-33-50(39-17-11-16-38(32-39)40-28-26-37-25-24-35-14-10-15-36-27-29-44(40)53(37)52(35)36)59-56(58-49)47-31-30-46(41-18-4-5-19-42(41)47)55-45-21-7-6-20-43(45)54-48-22-8-9-23-51(48)61-57(54)60-55/h1-33H. The Morgan fingerprint density at radius 1 is 0.311 bits per heavy atom. The van der Waals surface area contributed by atoms with Gasteiger partial charge in [-0.2, -0.15) is 0 Å². The van der Waals surface area contributed by atoms with Gasteiger partial charge in [0.15, 0.2) is 5.82 Å². The lowest BCUT2D eigenvalue weighted by atomic mass is 9.89. The molecule has 13 aromatic rings. The molecule has 10 aromatic carbocycles.